The highest BCUT2D eigenvalue weighted by Crippen LogP contribution is 2.16. The summed E-state index contributed by atoms with van der Waals surface area (Å²) in [7, 11) is 1.84. The second kappa shape index (κ2) is 4.70. The molecule has 1 unspecified atom stereocenters. The molecule has 0 aliphatic rings. The molecule has 0 aromatic carbocycles. The third kappa shape index (κ3) is 2.93. The van der Waals surface area contributed by atoms with Gasteiger partial charge in [0, 0.05) is 19.3 Å². The lowest BCUT2D eigenvalue weighted by atomic mass is 10.3. The Morgan fingerprint density at radius 3 is 3.00 bits per heavy atom. The third-order valence-electron chi connectivity index (χ3n) is 1.90. The van der Waals surface area contributed by atoms with Gasteiger partial charge in [-0.25, -0.2) is 4.98 Å². The Hall–Kier alpha value is -1.25. The maximum atomic E-state index is 5.63. The molecule has 3 heteroatoms. The second-order valence-electron chi connectivity index (χ2n) is 2.96. The van der Waals surface area contributed by atoms with Crippen LogP contribution in [-0.2, 0) is 0 Å². The Balaban J connectivity index is 2.66. The highest BCUT2D eigenvalue weighted by atomic mass is 16.5. The highest BCUT2D eigenvalue weighted by Gasteiger charge is 2.01. The van der Waals surface area contributed by atoms with E-state index in [-0.39, 0.29) is 6.10 Å². The van der Waals surface area contributed by atoms with Crippen molar-refractivity contribution in [3.05, 3.63) is 18.3 Å². The quantitative estimate of drug-likeness (QED) is 0.772. The van der Waals surface area contributed by atoms with Gasteiger partial charge in [0.2, 0.25) is 0 Å². The largest absolute Gasteiger partial charge is 0.491 e. The molecule has 0 fully saturated rings. The first-order valence-corrected chi connectivity index (χ1v) is 4.56. The minimum absolute atomic E-state index is 0.257. The number of aromatic nitrogens is 1. The average molecular weight is 180 g/mol. The van der Waals surface area contributed by atoms with E-state index in [2.05, 4.69) is 24.1 Å². The smallest absolute Gasteiger partial charge is 0.129 e. The first-order chi connectivity index (χ1) is 6.26. The van der Waals surface area contributed by atoms with Crippen molar-refractivity contribution in [2.45, 2.75) is 26.4 Å². The molecule has 0 spiro atoms. The summed E-state index contributed by atoms with van der Waals surface area (Å²) in [5.41, 5.74) is 0. The van der Waals surface area contributed by atoms with E-state index in [9.17, 15) is 0 Å². The minimum atomic E-state index is 0.257. The van der Waals surface area contributed by atoms with Crippen LogP contribution in [-0.4, -0.2) is 18.1 Å². The molecule has 3 nitrogen and oxygen atoms in total. The standard InChI is InChI=1S/C10H16N2O/c1-4-8(2)13-9-5-6-12-10(7-9)11-3/h5-8H,4H2,1-3H3,(H,11,12). The lowest BCUT2D eigenvalue weighted by molar-refractivity contribution is 0.217. The van der Waals surface area contributed by atoms with Crippen LogP contribution in [0.2, 0.25) is 0 Å². The van der Waals surface area contributed by atoms with E-state index in [1.165, 1.54) is 0 Å². The summed E-state index contributed by atoms with van der Waals surface area (Å²) >= 11 is 0. The van der Waals surface area contributed by atoms with Gasteiger partial charge in [-0.05, 0) is 19.4 Å². The summed E-state index contributed by atoms with van der Waals surface area (Å²) in [5, 5.41) is 2.97. The molecule has 1 rings (SSSR count). The zero-order chi connectivity index (χ0) is 9.68. The van der Waals surface area contributed by atoms with Crippen LogP contribution >= 0.6 is 0 Å². The van der Waals surface area contributed by atoms with Crippen molar-refractivity contribution in [2.75, 3.05) is 12.4 Å². The van der Waals surface area contributed by atoms with E-state index < -0.39 is 0 Å². The van der Waals surface area contributed by atoms with Crippen LogP contribution in [0, 0.1) is 0 Å². The van der Waals surface area contributed by atoms with Crippen LogP contribution < -0.4 is 10.1 Å². The summed E-state index contributed by atoms with van der Waals surface area (Å²) in [6.07, 6.45) is 3.01. The number of rotatable bonds is 4. The normalized spacial score (nSPS) is 12.2. The number of pyridine rings is 1. The fourth-order valence-electron chi connectivity index (χ4n) is 0.937. The van der Waals surface area contributed by atoms with Crippen molar-refractivity contribution in [2.24, 2.45) is 0 Å². The molecule has 1 aromatic heterocycles. The summed E-state index contributed by atoms with van der Waals surface area (Å²) in [4.78, 5) is 4.10. The van der Waals surface area contributed by atoms with E-state index in [0.717, 1.165) is 18.0 Å². The van der Waals surface area contributed by atoms with Gasteiger partial charge in [-0.3, -0.25) is 0 Å². The van der Waals surface area contributed by atoms with Crippen LogP contribution in [0.15, 0.2) is 18.3 Å². The lowest BCUT2D eigenvalue weighted by Crippen LogP contribution is -2.09. The molecular formula is C10H16N2O. The summed E-state index contributed by atoms with van der Waals surface area (Å²) in [5.74, 6) is 1.70. The summed E-state index contributed by atoms with van der Waals surface area (Å²) in [6.45, 7) is 4.16. The van der Waals surface area contributed by atoms with Gasteiger partial charge >= 0.3 is 0 Å². The summed E-state index contributed by atoms with van der Waals surface area (Å²) in [6, 6.07) is 3.76. The topological polar surface area (TPSA) is 34.1 Å². The zero-order valence-corrected chi connectivity index (χ0v) is 8.37. The molecular weight excluding hydrogens is 164 g/mol. The van der Waals surface area contributed by atoms with E-state index in [1.54, 1.807) is 6.20 Å². The molecule has 0 radical (unpaired) electrons. The number of anilines is 1. The predicted molar refractivity (Wildman–Crippen MR) is 54.2 cm³/mol. The van der Waals surface area contributed by atoms with Crippen LogP contribution in [0.3, 0.4) is 0 Å². The van der Waals surface area contributed by atoms with Crippen molar-refractivity contribution < 1.29 is 4.74 Å². The van der Waals surface area contributed by atoms with Gasteiger partial charge in [0.05, 0.1) is 6.10 Å². The maximum Gasteiger partial charge on any atom is 0.129 e. The maximum absolute atomic E-state index is 5.63. The Bertz CT molecular complexity index is 263. The van der Waals surface area contributed by atoms with Crippen molar-refractivity contribution in [3.63, 3.8) is 0 Å². The minimum Gasteiger partial charge on any atom is -0.491 e. The van der Waals surface area contributed by atoms with Gasteiger partial charge in [0.1, 0.15) is 11.6 Å². The molecule has 0 aliphatic carbocycles. The molecule has 0 bridgehead atoms. The SMILES string of the molecule is CCC(C)Oc1ccnc(NC)c1. The molecule has 1 atom stereocenters. The fraction of sp³-hybridized carbons (Fsp3) is 0.500. The number of hydrogen-bond donors (Lipinski definition) is 1. The number of nitrogens with one attached hydrogen (secondary N) is 1. The fourth-order valence-corrected chi connectivity index (χ4v) is 0.937. The zero-order valence-electron chi connectivity index (χ0n) is 8.37. The third-order valence-corrected chi connectivity index (χ3v) is 1.90. The number of hydrogen-bond acceptors (Lipinski definition) is 3. The molecule has 0 saturated carbocycles. The van der Waals surface area contributed by atoms with Gasteiger partial charge in [0.15, 0.2) is 0 Å². The molecule has 0 aliphatic heterocycles. The van der Waals surface area contributed by atoms with E-state index >= 15 is 0 Å². The van der Waals surface area contributed by atoms with Gasteiger partial charge in [-0.2, -0.15) is 0 Å². The summed E-state index contributed by atoms with van der Waals surface area (Å²) < 4.78 is 5.63. The van der Waals surface area contributed by atoms with E-state index in [4.69, 9.17) is 4.74 Å². The van der Waals surface area contributed by atoms with E-state index in [0.29, 0.717) is 0 Å². The molecule has 13 heavy (non-hydrogen) atoms. The highest BCUT2D eigenvalue weighted by molar-refractivity contribution is 5.39. The molecule has 0 saturated heterocycles. The first kappa shape index (κ1) is 9.84. The van der Waals surface area contributed by atoms with Crippen LogP contribution in [0.25, 0.3) is 0 Å². The van der Waals surface area contributed by atoms with Crippen LogP contribution in [0.4, 0.5) is 5.82 Å². The lowest BCUT2D eigenvalue weighted by Gasteiger charge is -2.12. The molecule has 1 heterocycles. The molecule has 0 amide bonds. The molecule has 72 valence electrons. The Morgan fingerprint density at radius 1 is 1.62 bits per heavy atom. The number of ether oxygens (including phenoxy) is 1. The van der Waals surface area contributed by atoms with Crippen LogP contribution in [0.5, 0.6) is 5.75 Å². The van der Waals surface area contributed by atoms with Gasteiger partial charge in [-0.15, -0.1) is 0 Å². The van der Waals surface area contributed by atoms with E-state index in [1.807, 2.05) is 19.2 Å². The van der Waals surface area contributed by atoms with Crippen molar-refractivity contribution in [1.82, 2.24) is 4.98 Å². The Labute approximate surface area is 79.1 Å². The van der Waals surface area contributed by atoms with Crippen molar-refractivity contribution in [1.29, 1.82) is 0 Å². The second-order valence-corrected chi connectivity index (χ2v) is 2.96. The van der Waals surface area contributed by atoms with Gasteiger partial charge < -0.3 is 10.1 Å². The number of nitrogens with zero attached hydrogens (tertiary/aromatic N) is 1. The van der Waals surface area contributed by atoms with Gasteiger partial charge in [-0.1, -0.05) is 6.92 Å². The first-order valence-electron chi connectivity index (χ1n) is 4.56. The van der Waals surface area contributed by atoms with Crippen molar-refractivity contribution in [3.8, 4) is 5.75 Å². The molecule has 1 aromatic rings. The van der Waals surface area contributed by atoms with Crippen LogP contribution in [0.1, 0.15) is 20.3 Å². The van der Waals surface area contributed by atoms with Gasteiger partial charge in [0.25, 0.3) is 0 Å². The monoisotopic (exact) mass is 180 g/mol. The van der Waals surface area contributed by atoms with Crippen molar-refractivity contribution >= 4 is 5.82 Å². The predicted octanol–water partition coefficient (Wildman–Crippen LogP) is 2.30. The molecule has 1 N–H and O–H groups in total. The average Bonchev–Trinajstić information content (AvgIpc) is 2.18. The Kier molecular flexibility index (Phi) is 3.55. The Morgan fingerprint density at radius 2 is 2.38 bits per heavy atom.